The summed E-state index contributed by atoms with van der Waals surface area (Å²) in [6.45, 7) is 2.22. The molecule has 1 aromatic carbocycles. The molecule has 118 valence electrons. The second-order valence-electron chi connectivity index (χ2n) is 5.08. The van der Waals surface area contributed by atoms with Crippen molar-refractivity contribution in [3.63, 3.8) is 0 Å². The Morgan fingerprint density at radius 2 is 1.40 bits per heavy atom. The number of benzene rings is 1. The molecule has 1 aromatic rings. The molecule has 0 aliphatic carbocycles. The molecule has 0 bridgehead atoms. The van der Waals surface area contributed by atoms with Crippen molar-refractivity contribution >= 4 is 12.9 Å². The number of rotatable bonds is 9. The van der Waals surface area contributed by atoms with E-state index in [-0.39, 0.29) is 21.8 Å². The second-order valence-corrected chi connectivity index (χ2v) is 6.69. The summed E-state index contributed by atoms with van der Waals surface area (Å²) in [4.78, 5) is 18.0. The van der Waals surface area contributed by atoms with Crippen LogP contribution in [-0.4, -0.2) is 9.79 Å². The van der Waals surface area contributed by atoms with Gasteiger partial charge in [-0.1, -0.05) is 57.6 Å². The Bertz CT molecular complexity index is 400. The molecule has 0 atom stereocenters. The van der Waals surface area contributed by atoms with E-state index in [1.807, 2.05) is 12.1 Å². The van der Waals surface area contributed by atoms with Gasteiger partial charge in [-0.05, 0) is 30.5 Å². The molecule has 0 radical (unpaired) electrons. The van der Waals surface area contributed by atoms with Crippen molar-refractivity contribution in [3.8, 4) is 0 Å². The molecular weight excluding hydrogens is 318 g/mol. The summed E-state index contributed by atoms with van der Waals surface area (Å²) < 4.78 is 11.0. The van der Waals surface area contributed by atoms with Crippen molar-refractivity contribution in [1.29, 1.82) is 0 Å². The van der Waals surface area contributed by atoms with E-state index in [1.54, 1.807) is 0 Å². The van der Waals surface area contributed by atoms with Gasteiger partial charge in [0.15, 0.2) is 0 Å². The van der Waals surface area contributed by atoms with Gasteiger partial charge in [-0.2, -0.15) is 0 Å². The molecule has 20 heavy (non-hydrogen) atoms. The van der Waals surface area contributed by atoms with E-state index in [1.165, 1.54) is 50.7 Å². The predicted molar refractivity (Wildman–Crippen MR) is 79.8 cm³/mol. The van der Waals surface area contributed by atoms with Crippen LogP contribution in [0.3, 0.4) is 0 Å². The Kier molecular flexibility index (Phi) is 10.5. The van der Waals surface area contributed by atoms with Gasteiger partial charge in [0.1, 0.15) is 0 Å². The van der Waals surface area contributed by atoms with Gasteiger partial charge in [0.2, 0.25) is 0 Å². The van der Waals surface area contributed by atoms with Crippen LogP contribution in [0.2, 0.25) is 0 Å². The van der Waals surface area contributed by atoms with E-state index in [0.29, 0.717) is 0 Å². The van der Waals surface area contributed by atoms with E-state index < -0.39 is 7.60 Å². The van der Waals surface area contributed by atoms with Gasteiger partial charge in [0.25, 0.3) is 0 Å². The van der Waals surface area contributed by atoms with Crippen molar-refractivity contribution in [1.82, 2.24) is 0 Å². The maximum atomic E-state index is 11.0. The van der Waals surface area contributed by atoms with Gasteiger partial charge in [-0.25, -0.2) is 0 Å². The van der Waals surface area contributed by atoms with Crippen LogP contribution in [0.1, 0.15) is 57.4 Å². The van der Waals surface area contributed by atoms with E-state index in [9.17, 15) is 4.57 Å². The van der Waals surface area contributed by atoms with Crippen LogP contribution < -0.4 is 5.30 Å². The van der Waals surface area contributed by atoms with E-state index in [2.05, 4.69) is 6.92 Å². The average molecular weight is 343 g/mol. The standard InChI is InChI=1S/C15H25O3P.Ni/c1-2-3-4-5-6-7-8-9-14-10-12-15(13-11-14)19(16,17)18;/h10-13H,2-9H2,1H3,(H2,16,17,18);. The maximum Gasteiger partial charge on any atom is 0.356 e. The minimum Gasteiger partial charge on any atom is -0.321 e. The summed E-state index contributed by atoms with van der Waals surface area (Å²) in [6, 6.07) is 6.73. The molecule has 0 saturated heterocycles. The summed E-state index contributed by atoms with van der Waals surface area (Å²) in [5, 5.41) is 0.107. The molecule has 0 aromatic heterocycles. The third-order valence-corrected chi connectivity index (χ3v) is 4.31. The third kappa shape index (κ3) is 8.22. The minimum atomic E-state index is -4.09. The number of aryl methyl sites for hydroxylation is 1. The van der Waals surface area contributed by atoms with Gasteiger partial charge < -0.3 is 9.79 Å². The summed E-state index contributed by atoms with van der Waals surface area (Å²) in [6.07, 6.45) is 9.97. The Morgan fingerprint density at radius 3 is 1.90 bits per heavy atom. The zero-order valence-electron chi connectivity index (χ0n) is 12.0. The maximum absolute atomic E-state index is 11.0. The quantitative estimate of drug-likeness (QED) is 0.408. The minimum absolute atomic E-state index is 0. The third-order valence-electron chi connectivity index (χ3n) is 3.34. The normalized spacial score (nSPS) is 11.2. The van der Waals surface area contributed by atoms with E-state index in [4.69, 9.17) is 9.79 Å². The van der Waals surface area contributed by atoms with Gasteiger partial charge in [0, 0.05) is 16.5 Å². The van der Waals surface area contributed by atoms with Crippen LogP contribution in [0.5, 0.6) is 0 Å². The van der Waals surface area contributed by atoms with Crippen molar-refractivity contribution in [2.45, 2.75) is 58.3 Å². The van der Waals surface area contributed by atoms with Crippen LogP contribution in [0.4, 0.5) is 0 Å². The Hall–Kier alpha value is -0.136. The van der Waals surface area contributed by atoms with E-state index in [0.717, 1.165) is 18.4 Å². The van der Waals surface area contributed by atoms with Crippen molar-refractivity contribution in [2.24, 2.45) is 0 Å². The zero-order chi connectivity index (χ0) is 14.1. The number of hydrogen-bond donors (Lipinski definition) is 2. The molecule has 0 amide bonds. The fourth-order valence-corrected chi connectivity index (χ4v) is 2.68. The molecule has 5 heteroatoms. The molecule has 0 heterocycles. The first-order valence-corrected chi connectivity index (χ1v) is 8.80. The van der Waals surface area contributed by atoms with Crippen LogP contribution in [0, 0.1) is 0 Å². The zero-order valence-corrected chi connectivity index (χ0v) is 13.9. The summed E-state index contributed by atoms with van der Waals surface area (Å²) in [7, 11) is -4.09. The largest absolute Gasteiger partial charge is 0.356 e. The molecule has 0 unspecified atom stereocenters. The first-order chi connectivity index (χ1) is 9.04. The van der Waals surface area contributed by atoms with Gasteiger partial charge in [0.05, 0.1) is 5.30 Å². The predicted octanol–water partition coefficient (Wildman–Crippen LogP) is 3.78. The summed E-state index contributed by atoms with van der Waals surface area (Å²) >= 11 is 0. The van der Waals surface area contributed by atoms with Crippen molar-refractivity contribution in [2.75, 3.05) is 0 Å². The number of unbranched alkanes of at least 4 members (excludes halogenated alkanes) is 6. The molecule has 0 aliphatic heterocycles. The van der Waals surface area contributed by atoms with Crippen molar-refractivity contribution in [3.05, 3.63) is 29.8 Å². The fourth-order valence-electron chi connectivity index (χ4n) is 2.14. The molecule has 0 fully saturated rings. The van der Waals surface area contributed by atoms with Gasteiger partial charge in [-0.3, -0.25) is 4.57 Å². The topological polar surface area (TPSA) is 57.5 Å². The fraction of sp³-hybridized carbons (Fsp3) is 0.600. The first-order valence-electron chi connectivity index (χ1n) is 7.19. The monoisotopic (exact) mass is 342 g/mol. The smallest absolute Gasteiger partial charge is 0.321 e. The van der Waals surface area contributed by atoms with Crippen LogP contribution in [-0.2, 0) is 27.5 Å². The van der Waals surface area contributed by atoms with Gasteiger partial charge >= 0.3 is 7.60 Å². The Balaban J connectivity index is 0.00000361. The van der Waals surface area contributed by atoms with Crippen LogP contribution in [0.15, 0.2) is 24.3 Å². The molecule has 0 aliphatic rings. The molecular formula is C15H25NiO3P. The van der Waals surface area contributed by atoms with Crippen molar-refractivity contribution < 1.29 is 30.8 Å². The number of hydrogen-bond acceptors (Lipinski definition) is 1. The average Bonchev–Trinajstić information content (AvgIpc) is 2.37. The van der Waals surface area contributed by atoms with Gasteiger partial charge in [-0.15, -0.1) is 0 Å². The second kappa shape index (κ2) is 10.6. The van der Waals surface area contributed by atoms with E-state index >= 15 is 0 Å². The summed E-state index contributed by atoms with van der Waals surface area (Å²) in [5.41, 5.74) is 1.16. The molecule has 2 N–H and O–H groups in total. The Morgan fingerprint density at radius 1 is 0.900 bits per heavy atom. The van der Waals surface area contributed by atoms with Crippen LogP contribution >= 0.6 is 7.60 Å². The molecule has 0 saturated carbocycles. The SMILES string of the molecule is CCCCCCCCCc1ccc(P(=O)(O)O)cc1.[Ni]. The molecule has 0 spiro atoms. The summed E-state index contributed by atoms with van der Waals surface area (Å²) in [5.74, 6) is 0. The van der Waals surface area contributed by atoms with Crippen LogP contribution in [0.25, 0.3) is 0 Å². The molecule has 3 nitrogen and oxygen atoms in total. The first kappa shape index (κ1) is 19.9. The molecule has 1 rings (SSSR count). The Labute approximate surface area is 132 Å².